The summed E-state index contributed by atoms with van der Waals surface area (Å²) in [5.74, 6) is 1.87. The van der Waals surface area contributed by atoms with E-state index in [4.69, 9.17) is 10.5 Å². The molecule has 1 atom stereocenters. The number of hydrogen-bond acceptors (Lipinski definition) is 6. The molecule has 6 heteroatoms. The second kappa shape index (κ2) is 9.59. The Hall–Kier alpha value is -3.12. The van der Waals surface area contributed by atoms with Gasteiger partial charge in [0, 0.05) is 12.8 Å². The molecule has 0 aliphatic heterocycles. The molecule has 1 unspecified atom stereocenters. The molecule has 1 heterocycles. The van der Waals surface area contributed by atoms with E-state index in [1.807, 2.05) is 25.1 Å². The van der Waals surface area contributed by atoms with Crippen LogP contribution >= 0.6 is 0 Å². The molecular formula is C24H31N5O. The summed E-state index contributed by atoms with van der Waals surface area (Å²) < 4.78 is 5.42. The molecule has 6 nitrogen and oxygen atoms in total. The van der Waals surface area contributed by atoms with Gasteiger partial charge in [0.2, 0.25) is 0 Å². The SMILES string of the molecule is COCC(Cc1ccccc1)Nc1nc(C)nc(Nc2c(C)cc(C)cc2C)c1N. The third-order valence-electron chi connectivity index (χ3n) is 5.01. The van der Waals surface area contributed by atoms with Gasteiger partial charge in [-0.05, 0) is 50.8 Å². The first-order chi connectivity index (χ1) is 14.4. The average Bonchev–Trinajstić information content (AvgIpc) is 2.69. The molecule has 0 aliphatic rings. The van der Waals surface area contributed by atoms with Gasteiger partial charge >= 0.3 is 0 Å². The molecule has 3 aromatic rings. The Balaban J connectivity index is 1.88. The van der Waals surface area contributed by atoms with Crippen molar-refractivity contribution < 1.29 is 4.74 Å². The molecule has 0 saturated carbocycles. The van der Waals surface area contributed by atoms with E-state index >= 15 is 0 Å². The summed E-state index contributed by atoms with van der Waals surface area (Å²) in [7, 11) is 1.70. The van der Waals surface area contributed by atoms with E-state index in [2.05, 4.69) is 65.6 Å². The first-order valence-corrected chi connectivity index (χ1v) is 10.2. The van der Waals surface area contributed by atoms with Gasteiger partial charge in [0.1, 0.15) is 11.5 Å². The molecule has 158 valence electrons. The van der Waals surface area contributed by atoms with Crippen LogP contribution in [0.2, 0.25) is 0 Å². The van der Waals surface area contributed by atoms with E-state index in [0.29, 0.717) is 29.8 Å². The van der Waals surface area contributed by atoms with Gasteiger partial charge in [-0.3, -0.25) is 0 Å². The number of benzene rings is 2. The highest BCUT2D eigenvalue weighted by Crippen LogP contribution is 2.31. The second-order valence-corrected chi connectivity index (χ2v) is 7.77. The van der Waals surface area contributed by atoms with Crippen molar-refractivity contribution in [2.24, 2.45) is 0 Å². The first kappa shape index (κ1) is 21.6. The van der Waals surface area contributed by atoms with E-state index < -0.39 is 0 Å². The van der Waals surface area contributed by atoms with Crippen LogP contribution in [0.25, 0.3) is 0 Å². The van der Waals surface area contributed by atoms with Crippen LogP contribution in [0.5, 0.6) is 0 Å². The van der Waals surface area contributed by atoms with Crippen LogP contribution in [0.15, 0.2) is 42.5 Å². The number of nitrogens with one attached hydrogen (secondary N) is 2. The van der Waals surface area contributed by atoms with Crippen LogP contribution < -0.4 is 16.4 Å². The van der Waals surface area contributed by atoms with Crippen molar-refractivity contribution in [3.05, 3.63) is 70.5 Å². The number of aryl methyl sites for hydroxylation is 4. The number of methoxy groups -OCH3 is 1. The third-order valence-corrected chi connectivity index (χ3v) is 5.01. The molecule has 0 amide bonds. The van der Waals surface area contributed by atoms with Crippen LogP contribution in [-0.2, 0) is 11.2 Å². The summed E-state index contributed by atoms with van der Waals surface area (Å²) in [6.45, 7) is 8.67. The minimum atomic E-state index is 0.0321. The second-order valence-electron chi connectivity index (χ2n) is 7.77. The summed E-state index contributed by atoms with van der Waals surface area (Å²) >= 11 is 0. The molecule has 0 fully saturated rings. The summed E-state index contributed by atoms with van der Waals surface area (Å²) in [6.07, 6.45) is 0.802. The minimum absolute atomic E-state index is 0.0321. The Morgan fingerprint density at radius 1 is 0.967 bits per heavy atom. The highest BCUT2D eigenvalue weighted by atomic mass is 16.5. The maximum absolute atomic E-state index is 6.48. The summed E-state index contributed by atoms with van der Waals surface area (Å²) in [4.78, 5) is 9.11. The van der Waals surface area contributed by atoms with Gasteiger partial charge in [0.15, 0.2) is 11.6 Å². The van der Waals surface area contributed by atoms with Crippen molar-refractivity contribution >= 4 is 23.0 Å². The van der Waals surface area contributed by atoms with Crippen molar-refractivity contribution in [1.29, 1.82) is 0 Å². The fourth-order valence-electron chi connectivity index (χ4n) is 3.73. The molecule has 1 aromatic heterocycles. The number of hydrogen-bond donors (Lipinski definition) is 3. The van der Waals surface area contributed by atoms with E-state index in [1.54, 1.807) is 7.11 Å². The number of nitrogens with two attached hydrogens (primary N) is 1. The number of rotatable bonds is 8. The van der Waals surface area contributed by atoms with Gasteiger partial charge in [0.25, 0.3) is 0 Å². The van der Waals surface area contributed by atoms with E-state index in [0.717, 1.165) is 23.2 Å². The lowest BCUT2D eigenvalue weighted by molar-refractivity contribution is 0.185. The van der Waals surface area contributed by atoms with Gasteiger partial charge in [-0.25, -0.2) is 9.97 Å². The molecule has 0 radical (unpaired) electrons. The Morgan fingerprint density at radius 3 is 2.23 bits per heavy atom. The zero-order valence-electron chi connectivity index (χ0n) is 18.4. The van der Waals surface area contributed by atoms with E-state index in [1.165, 1.54) is 11.1 Å². The molecule has 30 heavy (non-hydrogen) atoms. The van der Waals surface area contributed by atoms with Gasteiger partial charge in [-0.15, -0.1) is 0 Å². The Morgan fingerprint density at radius 2 is 1.60 bits per heavy atom. The van der Waals surface area contributed by atoms with Crippen LogP contribution in [-0.4, -0.2) is 29.7 Å². The minimum Gasteiger partial charge on any atom is -0.393 e. The van der Waals surface area contributed by atoms with Gasteiger partial charge in [-0.1, -0.05) is 48.0 Å². The molecular weight excluding hydrogens is 374 g/mol. The van der Waals surface area contributed by atoms with Crippen LogP contribution in [0, 0.1) is 27.7 Å². The standard InChI is InChI=1S/C24H31N5O/c1-15-11-16(2)22(17(3)12-15)29-24-21(25)23(26-18(4)27-24)28-20(14-30-5)13-19-9-7-6-8-10-19/h6-12,20H,13-14,25H2,1-5H3,(H2,26,27,28,29). The number of ether oxygens (including phenoxy) is 1. The quantitative estimate of drug-likeness (QED) is 0.503. The topological polar surface area (TPSA) is 85.1 Å². The molecule has 3 rings (SSSR count). The average molecular weight is 406 g/mol. The molecule has 4 N–H and O–H groups in total. The highest BCUT2D eigenvalue weighted by molar-refractivity contribution is 5.79. The number of aromatic nitrogens is 2. The summed E-state index contributed by atoms with van der Waals surface area (Å²) in [5, 5.41) is 6.89. The van der Waals surface area contributed by atoms with Gasteiger partial charge < -0.3 is 21.1 Å². The molecule has 0 bridgehead atoms. The van der Waals surface area contributed by atoms with E-state index in [9.17, 15) is 0 Å². The zero-order chi connectivity index (χ0) is 21.7. The maximum atomic E-state index is 6.48. The van der Waals surface area contributed by atoms with Crippen molar-refractivity contribution in [3.8, 4) is 0 Å². The predicted octanol–water partition coefficient (Wildman–Crippen LogP) is 4.71. The fourth-order valence-corrected chi connectivity index (χ4v) is 3.73. The lowest BCUT2D eigenvalue weighted by Crippen LogP contribution is -2.28. The molecule has 0 saturated heterocycles. The Bertz CT molecular complexity index is 981. The zero-order valence-corrected chi connectivity index (χ0v) is 18.4. The van der Waals surface area contributed by atoms with E-state index in [-0.39, 0.29) is 6.04 Å². The van der Waals surface area contributed by atoms with Crippen molar-refractivity contribution in [2.45, 2.75) is 40.2 Å². The third kappa shape index (κ3) is 5.27. The normalized spacial score (nSPS) is 11.9. The Kier molecular flexibility index (Phi) is 6.90. The smallest absolute Gasteiger partial charge is 0.159 e. The lowest BCUT2D eigenvalue weighted by Gasteiger charge is -2.21. The monoisotopic (exact) mass is 405 g/mol. The van der Waals surface area contributed by atoms with Crippen molar-refractivity contribution in [1.82, 2.24) is 9.97 Å². The van der Waals surface area contributed by atoms with Crippen LogP contribution in [0.4, 0.5) is 23.0 Å². The molecule has 2 aromatic carbocycles. The summed E-state index contributed by atoms with van der Waals surface area (Å²) in [6, 6.07) is 14.6. The van der Waals surface area contributed by atoms with Crippen LogP contribution in [0.1, 0.15) is 28.1 Å². The van der Waals surface area contributed by atoms with Gasteiger partial charge in [-0.2, -0.15) is 0 Å². The van der Waals surface area contributed by atoms with Crippen molar-refractivity contribution in [3.63, 3.8) is 0 Å². The number of nitrogens with zero attached hydrogens (tertiary/aromatic N) is 2. The largest absolute Gasteiger partial charge is 0.393 e. The number of anilines is 4. The maximum Gasteiger partial charge on any atom is 0.159 e. The highest BCUT2D eigenvalue weighted by Gasteiger charge is 2.17. The fraction of sp³-hybridized carbons (Fsp3) is 0.333. The predicted molar refractivity (Wildman–Crippen MR) is 125 cm³/mol. The molecule has 0 spiro atoms. The molecule has 0 aliphatic carbocycles. The Labute approximate surface area is 178 Å². The summed E-state index contributed by atoms with van der Waals surface area (Å²) in [5.41, 5.74) is 12.8. The van der Waals surface area contributed by atoms with Crippen LogP contribution in [0.3, 0.4) is 0 Å². The number of nitrogen functional groups attached to an aromatic ring is 1. The van der Waals surface area contributed by atoms with Crippen molar-refractivity contribution in [2.75, 3.05) is 30.1 Å². The first-order valence-electron chi connectivity index (χ1n) is 10.2. The lowest BCUT2D eigenvalue weighted by atomic mass is 10.1. The van der Waals surface area contributed by atoms with Gasteiger partial charge in [0.05, 0.1) is 12.6 Å².